The van der Waals surface area contributed by atoms with E-state index in [2.05, 4.69) is 10.3 Å². The summed E-state index contributed by atoms with van der Waals surface area (Å²) in [6.07, 6.45) is 0.987. The number of fused-ring (bicyclic) bond motifs is 1. The summed E-state index contributed by atoms with van der Waals surface area (Å²) in [4.78, 5) is 39.7. The lowest BCUT2D eigenvalue weighted by molar-refractivity contribution is 0.0910. The minimum atomic E-state index is -0.570. The molecule has 1 aromatic carbocycles. The zero-order valence-corrected chi connectivity index (χ0v) is 14.2. The summed E-state index contributed by atoms with van der Waals surface area (Å²) >= 11 is 5.88. The summed E-state index contributed by atoms with van der Waals surface area (Å²) in [6.45, 7) is 3.96. The molecule has 0 unspecified atom stereocenters. The fourth-order valence-electron chi connectivity index (χ4n) is 2.96. The van der Waals surface area contributed by atoms with E-state index in [0.717, 1.165) is 0 Å². The number of carbonyl (C=O) groups is 2. The van der Waals surface area contributed by atoms with E-state index < -0.39 is 11.5 Å². The van der Waals surface area contributed by atoms with Crippen molar-refractivity contribution in [1.29, 1.82) is 0 Å². The second kappa shape index (κ2) is 5.91. The number of carbonyl (C=O) groups excluding carboxylic acids is 2. The molecule has 3 rings (SSSR count). The number of anilines is 1. The lowest BCUT2D eigenvalue weighted by Crippen LogP contribution is -2.32. The molecular formula is C18H17ClN2O3. The number of hydrogen-bond acceptors (Lipinski definition) is 3. The molecule has 1 heterocycles. The summed E-state index contributed by atoms with van der Waals surface area (Å²) in [5, 5.41) is 3.10. The standard InChI is InChI=1S/C18H17ClN2O3/c1-18(2)8-14-12(15(22)9-18)7-13(17(24)21-14)16(23)20-11-5-3-4-10(19)6-11/h3-7H,8-9H2,1-2H3,(H,20,23)(H,21,24). The molecule has 6 heteroatoms. The Labute approximate surface area is 144 Å². The normalized spacial score (nSPS) is 15.7. The van der Waals surface area contributed by atoms with Crippen LogP contribution in [-0.2, 0) is 6.42 Å². The summed E-state index contributed by atoms with van der Waals surface area (Å²) in [5.74, 6) is -0.631. The van der Waals surface area contributed by atoms with Crippen LogP contribution in [0.5, 0.6) is 0 Å². The number of amides is 1. The average Bonchev–Trinajstić information content (AvgIpc) is 2.45. The van der Waals surface area contributed by atoms with Gasteiger partial charge in [-0.3, -0.25) is 14.4 Å². The molecule has 0 bridgehead atoms. The monoisotopic (exact) mass is 344 g/mol. The van der Waals surface area contributed by atoms with E-state index in [0.29, 0.717) is 34.8 Å². The molecule has 2 aromatic rings. The van der Waals surface area contributed by atoms with Gasteiger partial charge in [0.15, 0.2) is 5.78 Å². The largest absolute Gasteiger partial charge is 0.325 e. The van der Waals surface area contributed by atoms with Crippen molar-refractivity contribution in [3.63, 3.8) is 0 Å². The molecule has 0 saturated heterocycles. The quantitative estimate of drug-likeness (QED) is 0.875. The molecule has 0 fully saturated rings. The molecule has 0 radical (unpaired) electrons. The van der Waals surface area contributed by atoms with Gasteiger partial charge >= 0.3 is 0 Å². The van der Waals surface area contributed by atoms with Crippen LogP contribution in [-0.4, -0.2) is 16.7 Å². The van der Waals surface area contributed by atoms with Crippen molar-refractivity contribution in [2.24, 2.45) is 5.41 Å². The number of hydrogen-bond donors (Lipinski definition) is 2. The zero-order chi connectivity index (χ0) is 17.5. The first kappa shape index (κ1) is 16.5. The predicted octanol–water partition coefficient (Wildman–Crippen LogP) is 3.44. The first-order valence-electron chi connectivity index (χ1n) is 7.61. The third-order valence-corrected chi connectivity index (χ3v) is 4.28. The highest BCUT2D eigenvalue weighted by Gasteiger charge is 2.32. The molecule has 24 heavy (non-hydrogen) atoms. The zero-order valence-electron chi connectivity index (χ0n) is 13.4. The first-order valence-corrected chi connectivity index (χ1v) is 7.99. The second-order valence-corrected chi connectivity index (χ2v) is 7.25. The van der Waals surface area contributed by atoms with Crippen LogP contribution in [0.4, 0.5) is 5.69 Å². The number of H-pyrrole nitrogens is 1. The van der Waals surface area contributed by atoms with E-state index in [1.165, 1.54) is 6.07 Å². The number of pyridine rings is 1. The van der Waals surface area contributed by atoms with Gasteiger partial charge in [0.25, 0.3) is 11.5 Å². The maximum absolute atomic E-state index is 12.4. The Morgan fingerprint density at radius 1 is 1.21 bits per heavy atom. The third kappa shape index (κ3) is 3.26. The van der Waals surface area contributed by atoms with Gasteiger partial charge in [-0.15, -0.1) is 0 Å². The van der Waals surface area contributed by atoms with Crippen LogP contribution in [0.1, 0.15) is 46.7 Å². The van der Waals surface area contributed by atoms with Crippen LogP contribution in [0, 0.1) is 5.41 Å². The van der Waals surface area contributed by atoms with Crippen molar-refractivity contribution in [2.75, 3.05) is 5.32 Å². The molecule has 0 spiro atoms. The Kier molecular flexibility index (Phi) is 4.05. The van der Waals surface area contributed by atoms with Gasteiger partial charge in [-0.05, 0) is 36.1 Å². The number of rotatable bonds is 2. The van der Waals surface area contributed by atoms with E-state index in [1.807, 2.05) is 13.8 Å². The smallest absolute Gasteiger partial charge is 0.261 e. The van der Waals surface area contributed by atoms with Gasteiger partial charge < -0.3 is 10.3 Å². The number of Topliss-reactive ketones (excluding diaryl/α,β-unsaturated/α-hetero) is 1. The SMILES string of the molecule is CC1(C)CC(=O)c2cc(C(=O)Nc3cccc(Cl)c3)c(=O)[nH]c2C1. The summed E-state index contributed by atoms with van der Waals surface area (Å²) in [6, 6.07) is 8.03. The highest BCUT2D eigenvalue weighted by Crippen LogP contribution is 2.33. The van der Waals surface area contributed by atoms with Gasteiger partial charge in [0.2, 0.25) is 0 Å². The van der Waals surface area contributed by atoms with Gasteiger partial charge in [-0.1, -0.05) is 31.5 Å². The van der Waals surface area contributed by atoms with Crippen LogP contribution in [0.15, 0.2) is 35.1 Å². The summed E-state index contributed by atoms with van der Waals surface area (Å²) < 4.78 is 0. The molecule has 2 N–H and O–H groups in total. The third-order valence-electron chi connectivity index (χ3n) is 4.04. The van der Waals surface area contributed by atoms with Gasteiger partial charge in [0.05, 0.1) is 0 Å². The summed E-state index contributed by atoms with van der Waals surface area (Å²) in [5.41, 5.74) is 0.723. The molecule has 0 saturated carbocycles. The molecular weight excluding hydrogens is 328 g/mol. The van der Waals surface area contributed by atoms with E-state index >= 15 is 0 Å². The molecule has 5 nitrogen and oxygen atoms in total. The maximum Gasteiger partial charge on any atom is 0.261 e. The van der Waals surface area contributed by atoms with Crippen LogP contribution < -0.4 is 10.9 Å². The Hall–Kier alpha value is -2.40. The van der Waals surface area contributed by atoms with Gasteiger partial charge in [0, 0.05) is 28.4 Å². The minimum absolute atomic E-state index is 0.0608. The second-order valence-electron chi connectivity index (χ2n) is 6.81. The van der Waals surface area contributed by atoms with Crippen molar-refractivity contribution in [1.82, 2.24) is 4.98 Å². The van der Waals surface area contributed by atoms with E-state index in [-0.39, 0.29) is 16.8 Å². The number of benzene rings is 1. The fraction of sp³-hybridized carbons (Fsp3) is 0.278. The molecule has 1 amide bonds. The Bertz CT molecular complexity index is 899. The summed E-state index contributed by atoms with van der Waals surface area (Å²) in [7, 11) is 0. The average molecular weight is 345 g/mol. The predicted molar refractivity (Wildman–Crippen MR) is 92.9 cm³/mol. The highest BCUT2D eigenvalue weighted by atomic mass is 35.5. The lowest BCUT2D eigenvalue weighted by atomic mass is 9.75. The Morgan fingerprint density at radius 3 is 2.67 bits per heavy atom. The van der Waals surface area contributed by atoms with Crippen molar-refractivity contribution >= 4 is 29.0 Å². The van der Waals surface area contributed by atoms with E-state index in [4.69, 9.17) is 11.6 Å². The van der Waals surface area contributed by atoms with E-state index in [1.54, 1.807) is 24.3 Å². The number of nitrogens with one attached hydrogen (secondary N) is 2. The van der Waals surface area contributed by atoms with Crippen molar-refractivity contribution in [2.45, 2.75) is 26.7 Å². The molecule has 1 aliphatic carbocycles. The van der Waals surface area contributed by atoms with Crippen LogP contribution >= 0.6 is 11.6 Å². The maximum atomic E-state index is 12.4. The number of aromatic amines is 1. The van der Waals surface area contributed by atoms with Crippen molar-refractivity contribution in [3.05, 3.63) is 62.5 Å². The van der Waals surface area contributed by atoms with E-state index in [9.17, 15) is 14.4 Å². The van der Waals surface area contributed by atoms with Gasteiger partial charge in [0.1, 0.15) is 5.56 Å². The topological polar surface area (TPSA) is 79.0 Å². The molecule has 1 aromatic heterocycles. The molecule has 0 aliphatic heterocycles. The van der Waals surface area contributed by atoms with Crippen LogP contribution in [0.25, 0.3) is 0 Å². The van der Waals surface area contributed by atoms with Gasteiger partial charge in [-0.2, -0.15) is 0 Å². The van der Waals surface area contributed by atoms with Crippen molar-refractivity contribution < 1.29 is 9.59 Å². The highest BCUT2D eigenvalue weighted by molar-refractivity contribution is 6.31. The van der Waals surface area contributed by atoms with Crippen LogP contribution in [0.3, 0.4) is 0 Å². The molecule has 0 atom stereocenters. The minimum Gasteiger partial charge on any atom is -0.325 e. The Balaban J connectivity index is 1.95. The molecule has 124 valence electrons. The van der Waals surface area contributed by atoms with Crippen molar-refractivity contribution in [3.8, 4) is 0 Å². The van der Waals surface area contributed by atoms with Crippen LogP contribution in [0.2, 0.25) is 5.02 Å². The van der Waals surface area contributed by atoms with Gasteiger partial charge in [-0.25, -0.2) is 0 Å². The fourth-order valence-corrected chi connectivity index (χ4v) is 3.15. The Morgan fingerprint density at radius 2 is 1.96 bits per heavy atom. The first-order chi connectivity index (χ1) is 11.2. The number of ketones is 1. The molecule has 1 aliphatic rings. The lowest BCUT2D eigenvalue weighted by Gasteiger charge is -2.29. The number of aromatic nitrogens is 1. The number of halogens is 1.